The average Bonchev–Trinajstić information content (AvgIpc) is 3.44. The molecule has 0 saturated carbocycles. The van der Waals surface area contributed by atoms with Crippen LogP contribution in [-0.4, -0.2) is 22.6 Å². The number of hydrogen-bond acceptors (Lipinski definition) is 5. The molecule has 0 radical (unpaired) electrons. The Morgan fingerprint density at radius 2 is 1.61 bits per heavy atom. The molecule has 1 aliphatic rings. The highest BCUT2D eigenvalue weighted by Crippen LogP contribution is 2.32. The van der Waals surface area contributed by atoms with Crippen LogP contribution in [0.4, 0.5) is 10.1 Å². The molecule has 31 heavy (non-hydrogen) atoms. The minimum absolute atomic E-state index is 0.0400. The number of hydrogen-bond donors (Lipinski definition) is 0. The molecule has 3 aromatic carbocycles. The topological polar surface area (TPSA) is 68.5 Å². The van der Waals surface area contributed by atoms with Gasteiger partial charge in [0, 0.05) is 24.2 Å². The monoisotopic (exact) mass is 415 g/mol. The van der Waals surface area contributed by atoms with Crippen LogP contribution in [0, 0.1) is 5.82 Å². The van der Waals surface area contributed by atoms with E-state index in [2.05, 4.69) is 10.1 Å². The van der Waals surface area contributed by atoms with Crippen molar-refractivity contribution in [2.75, 3.05) is 11.4 Å². The number of para-hydroxylation sites is 1. The van der Waals surface area contributed by atoms with E-state index in [4.69, 9.17) is 9.26 Å². The molecule has 0 N–H and O–H groups in total. The van der Waals surface area contributed by atoms with Gasteiger partial charge in [0.2, 0.25) is 17.6 Å². The van der Waals surface area contributed by atoms with Gasteiger partial charge in [-0.05, 0) is 60.7 Å². The molecule has 7 heteroatoms. The molecule has 5 rings (SSSR count). The zero-order chi connectivity index (χ0) is 21.2. The van der Waals surface area contributed by atoms with Crippen LogP contribution >= 0.6 is 0 Å². The van der Waals surface area contributed by atoms with E-state index in [9.17, 15) is 9.18 Å². The summed E-state index contributed by atoms with van der Waals surface area (Å²) in [6, 6.07) is 22.6. The Morgan fingerprint density at radius 1 is 0.935 bits per heavy atom. The van der Waals surface area contributed by atoms with Gasteiger partial charge in [-0.3, -0.25) is 4.79 Å². The lowest BCUT2D eigenvalue weighted by molar-refractivity contribution is -0.117. The third-order valence-corrected chi connectivity index (χ3v) is 5.15. The molecule has 154 valence electrons. The summed E-state index contributed by atoms with van der Waals surface area (Å²) in [6.45, 7) is 0.509. The van der Waals surface area contributed by atoms with E-state index in [1.165, 1.54) is 12.1 Å². The number of halogens is 1. The Morgan fingerprint density at radius 3 is 2.32 bits per heavy atom. The van der Waals surface area contributed by atoms with Gasteiger partial charge in [0.1, 0.15) is 17.3 Å². The molecule has 0 unspecified atom stereocenters. The predicted octanol–water partition coefficient (Wildman–Crippen LogP) is 5.19. The normalized spacial score (nSPS) is 16.0. The van der Waals surface area contributed by atoms with Crippen molar-refractivity contribution in [2.45, 2.75) is 12.3 Å². The van der Waals surface area contributed by atoms with Gasteiger partial charge in [-0.1, -0.05) is 23.4 Å². The highest BCUT2D eigenvalue weighted by Gasteiger charge is 2.35. The van der Waals surface area contributed by atoms with Crippen molar-refractivity contribution in [2.24, 2.45) is 0 Å². The van der Waals surface area contributed by atoms with Gasteiger partial charge in [0.15, 0.2) is 0 Å². The van der Waals surface area contributed by atoms with Crippen molar-refractivity contribution in [3.05, 3.63) is 90.6 Å². The summed E-state index contributed by atoms with van der Waals surface area (Å²) in [6.07, 6.45) is 0.334. The maximum Gasteiger partial charge on any atom is 0.232 e. The fourth-order valence-corrected chi connectivity index (χ4v) is 3.56. The quantitative estimate of drug-likeness (QED) is 0.449. The smallest absolute Gasteiger partial charge is 0.232 e. The molecule has 1 fully saturated rings. The summed E-state index contributed by atoms with van der Waals surface area (Å²) in [7, 11) is 0. The van der Waals surface area contributed by atoms with Crippen molar-refractivity contribution in [1.82, 2.24) is 10.1 Å². The third kappa shape index (κ3) is 4.02. The van der Waals surface area contributed by atoms with Gasteiger partial charge >= 0.3 is 0 Å². The lowest BCUT2D eigenvalue weighted by Gasteiger charge is -2.15. The Balaban J connectivity index is 1.28. The molecule has 1 amide bonds. The van der Waals surface area contributed by atoms with E-state index in [0.717, 1.165) is 11.3 Å². The summed E-state index contributed by atoms with van der Waals surface area (Å²) in [4.78, 5) is 18.7. The second kappa shape index (κ2) is 8.02. The number of rotatable bonds is 5. The first-order valence-electron chi connectivity index (χ1n) is 9.88. The van der Waals surface area contributed by atoms with E-state index in [1.54, 1.807) is 29.2 Å². The molecular weight excluding hydrogens is 397 g/mol. The van der Waals surface area contributed by atoms with E-state index in [1.807, 2.05) is 42.5 Å². The average molecular weight is 415 g/mol. The van der Waals surface area contributed by atoms with E-state index < -0.39 is 0 Å². The molecule has 2 heterocycles. The second-order valence-corrected chi connectivity index (χ2v) is 7.28. The summed E-state index contributed by atoms with van der Waals surface area (Å²) in [5.74, 6) is 1.64. The van der Waals surface area contributed by atoms with Crippen LogP contribution in [0.25, 0.3) is 11.4 Å². The third-order valence-electron chi connectivity index (χ3n) is 5.15. The standard InChI is InChI=1S/C24H18FN3O3/c25-18-8-12-21(13-9-18)30-20-10-6-16(7-11-20)23-26-24(31-27-23)17-14-22(29)28(15-17)19-4-2-1-3-5-19/h1-13,17H,14-15H2/t17-/m1/s1. The van der Waals surface area contributed by atoms with Crippen molar-refractivity contribution in [3.8, 4) is 22.9 Å². The summed E-state index contributed by atoms with van der Waals surface area (Å²) < 4.78 is 24.2. The minimum atomic E-state index is -0.313. The Kier molecular flexibility index (Phi) is 4.92. The highest BCUT2D eigenvalue weighted by atomic mass is 19.1. The van der Waals surface area contributed by atoms with Crippen LogP contribution in [0.2, 0.25) is 0 Å². The Bertz CT molecular complexity index is 1190. The number of aromatic nitrogens is 2. The lowest BCUT2D eigenvalue weighted by atomic mass is 10.1. The number of carbonyl (C=O) groups is 1. The molecule has 0 bridgehead atoms. The predicted molar refractivity (Wildman–Crippen MR) is 112 cm³/mol. The zero-order valence-electron chi connectivity index (χ0n) is 16.4. The minimum Gasteiger partial charge on any atom is -0.457 e. The maximum absolute atomic E-state index is 13.0. The SMILES string of the molecule is O=C1C[C@@H](c2nc(-c3ccc(Oc4ccc(F)cc4)cc3)no2)CN1c1ccccc1. The summed E-state index contributed by atoms with van der Waals surface area (Å²) in [5.41, 5.74) is 1.64. The fourth-order valence-electron chi connectivity index (χ4n) is 3.56. The first kappa shape index (κ1) is 19.0. The van der Waals surface area contributed by atoms with Crippen molar-refractivity contribution >= 4 is 11.6 Å². The summed E-state index contributed by atoms with van der Waals surface area (Å²) in [5, 5.41) is 4.08. The number of anilines is 1. The molecule has 0 aliphatic carbocycles. The van der Waals surface area contributed by atoms with Gasteiger partial charge in [-0.15, -0.1) is 0 Å². The number of ether oxygens (including phenoxy) is 1. The zero-order valence-corrected chi connectivity index (χ0v) is 16.4. The van der Waals surface area contributed by atoms with E-state index in [-0.39, 0.29) is 17.6 Å². The van der Waals surface area contributed by atoms with Gasteiger partial charge in [-0.2, -0.15) is 4.98 Å². The first-order chi connectivity index (χ1) is 15.2. The lowest BCUT2D eigenvalue weighted by Crippen LogP contribution is -2.24. The van der Waals surface area contributed by atoms with Crippen LogP contribution in [0.3, 0.4) is 0 Å². The van der Waals surface area contributed by atoms with Crippen molar-refractivity contribution < 1.29 is 18.4 Å². The van der Waals surface area contributed by atoms with Crippen LogP contribution < -0.4 is 9.64 Å². The van der Waals surface area contributed by atoms with Gasteiger partial charge in [-0.25, -0.2) is 4.39 Å². The molecule has 1 atom stereocenters. The Labute approximate surface area is 177 Å². The number of amides is 1. The van der Waals surface area contributed by atoms with Crippen LogP contribution in [0.5, 0.6) is 11.5 Å². The fraction of sp³-hybridized carbons (Fsp3) is 0.125. The molecule has 1 aliphatic heterocycles. The number of nitrogens with zero attached hydrogens (tertiary/aromatic N) is 3. The largest absolute Gasteiger partial charge is 0.457 e. The summed E-state index contributed by atoms with van der Waals surface area (Å²) >= 11 is 0. The number of benzene rings is 3. The molecule has 4 aromatic rings. The maximum atomic E-state index is 13.0. The highest BCUT2D eigenvalue weighted by molar-refractivity contribution is 5.96. The van der Waals surface area contributed by atoms with Crippen molar-refractivity contribution in [3.63, 3.8) is 0 Å². The molecule has 6 nitrogen and oxygen atoms in total. The van der Waals surface area contributed by atoms with Gasteiger partial charge in [0.05, 0.1) is 5.92 Å². The van der Waals surface area contributed by atoms with E-state index >= 15 is 0 Å². The van der Waals surface area contributed by atoms with Gasteiger partial charge < -0.3 is 14.2 Å². The van der Waals surface area contributed by atoms with Crippen LogP contribution in [0.15, 0.2) is 83.4 Å². The van der Waals surface area contributed by atoms with Crippen molar-refractivity contribution in [1.29, 1.82) is 0 Å². The van der Waals surface area contributed by atoms with Crippen LogP contribution in [-0.2, 0) is 4.79 Å². The Hall–Kier alpha value is -4.00. The van der Waals surface area contributed by atoms with Crippen LogP contribution in [0.1, 0.15) is 18.2 Å². The first-order valence-corrected chi connectivity index (χ1v) is 9.88. The molecule has 0 spiro atoms. The number of carbonyl (C=O) groups excluding carboxylic acids is 1. The molecule has 1 aromatic heterocycles. The van der Waals surface area contributed by atoms with Gasteiger partial charge in [0.25, 0.3) is 0 Å². The molecule has 1 saturated heterocycles. The molecular formula is C24H18FN3O3. The second-order valence-electron chi connectivity index (χ2n) is 7.28. The van der Waals surface area contributed by atoms with E-state index in [0.29, 0.717) is 36.2 Å².